The standard InChI is InChI=1S/C17H20FN7O/c1-22-11-15(20-21-22)17(26)24-7-4-23(5-8-24)6-9-25-12-19-14-10-13(18)2-3-16(14)25/h2-3,10-12H,4-9H2,1H3. The maximum absolute atomic E-state index is 13.2. The summed E-state index contributed by atoms with van der Waals surface area (Å²) < 4.78 is 16.8. The largest absolute Gasteiger partial charge is 0.335 e. The number of piperazine rings is 1. The van der Waals surface area contributed by atoms with Crippen LogP contribution in [0.15, 0.2) is 30.7 Å². The van der Waals surface area contributed by atoms with E-state index in [1.54, 1.807) is 25.6 Å². The molecular weight excluding hydrogens is 337 g/mol. The number of amides is 1. The van der Waals surface area contributed by atoms with Crippen LogP contribution in [0.3, 0.4) is 0 Å². The van der Waals surface area contributed by atoms with Gasteiger partial charge in [-0.3, -0.25) is 14.4 Å². The van der Waals surface area contributed by atoms with Gasteiger partial charge in [-0.05, 0) is 12.1 Å². The van der Waals surface area contributed by atoms with E-state index in [1.807, 2.05) is 9.47 Å². The summed E-state index contributed by atoms with van der Waals surface area (Å²) >= 11 is 0. The summed E-state index contributed by atoms with van der Waals surface area (Å²) in [6.45, 7) is 4.60. The van der Waals surface area contributed by atoms with Crippen LogP contribution in [-0.4, -0.2) is 73.0 Å². The van der Waals surface area contributed by atoms with Crippen molar-refractivity contribution in [2.75, 3.05) is 32.7 Å². The summed E-state index contributed by atoms with van der Waals surface area (Å²) in [6.07, 6.45) is 3.39. The Balaban J connectivity index is 1.31. The van der Waals surface area contributed by atoms with E-state index in [9.17, 15) is 9.18 Å². The molecule has 4 rings (SSSR count). The van der Waals surface area contributed by atoms with Crippen molar-refractivity contribution in [3.05, 3.63) is 42.2 Å². The molecule has 1 saturated heterocycles. The second kappa shape index (κ2) is 6.83. The van der Waals surface area contributed by atoms with Gasteiger partial charge in [0.2, 0.25) is 0 Å². The first-order chi connectivity index (χ1) is 12.6. The lowest BCUT2D eigenvalue weighted by Crippen LogP contribution is -2.49. The van der Waals surface area contributed by atoms with E-state index in [0.29, 0.717) is 24.3 Å². The average Bonchev–Trinajstić information content (AvgIpc) is 3.25. The minimum Gasteiger partial charge on any atom is -0.335 e. The Morgan fingerprint density at radius 3 is 2.73 bits per heavy atom. The highest BCUT2D eigenvalue weighted by Gasteiger charge is 2.23. The third kappa shape index (κ3) is 3.30. The van der Waals surface area contributed by atoms with Crippen molar-refractivity contribution in [3.8, 4) is 0 Å². The average molecular weight is 357 g/mol. The van der Waals surface area contributed by atoms with Gasteiger partial charge in [0.05, 0.1) is 23.6 Å². The molecular formula is C17H20FN7O. The van der Waals surface area contributed by atoms with Gasteiger partial charge < -0.3 is 9.47 Å². The third-order valence-electron chi connectivity index (χ3n) is 4.72. The van der Waals surface area contributed by atoms with Gasteiger partial charge in [-0.1, -0.05) is 5.21 Å². The molecule has 136 valence electrons. The molecule has 0 bridgehead atoms. The fourth-order valence-corrected chi connectivity index (χ4v) is 3.25. The molecule has 3 heterocycles. The Hall–Kier alpha value is -2.81. The van der Waals surface area contributed by atoms with Crippen LogP contribution in [0, 0.1) is 5.82 Å². The van der Waals surface area contributed by atoms with Gasteiger partial charge in [-0.2, -0.15) is 0 Å². The van der Waals surface area contributed by atoms with Crippen molar-refractivity contribution in [1.29, 1.82) is 0 Å². The molecule has 1 aromatic carbocycles. The van der Waals surface area contributed by atoms with E-state index in [0.717, 1.165) is 31.7 Å². The molecule has 1 amide bonds. The van der Waals surface area contributed by atoms with Crippen molar-refractivity contribution in [1.82, 2.24) is 34.3 Å². The number of imidazole rings is 1. The molecule has 0 unspecified atom stereocenters. The maximum Gasteiger partial charge on any atom is 0.276 e. The van der Waals surface area contributed by atoms with Crippen LogP contribution in [-0.2, 0) is 13.6 Å². The smallest absolute Gasteiger partial charge is 0.276 e. The molecule has 1 aliphatic heterocycles. The highest BCUT2D eigenvalue weighted by molar-refractivity contribution is 5.92. The van der Waals surface area contributed by atoms with Gasteiger partial charge in [0, 0.05) is 52.4 Å². The van der Waals surface area contributed by atoms with Crippen molar-refractivity contribution >= 4 is 16.9 Å². The van der Waals surface area contributed by atoms with E-state index < -0.39 is 0 Å². The van der Waals surface area contributed by atoms with Crippen molar-refractivity contribution < 1.29 is 9.18 Å². The van der Waals surface area contributed by atoms with Crippen molar-refractivity contribution in [2.24, 2.45) is 7.05 Å². The van der Waals surface area contributed by atoms with Gasteiger partial charge in [-0.25, -0.2) is 9.37 Å². The molecule has 0 atom stereocenters. The molecule has 0 spiro atoms. The van der Waals surface area contributed by atoms with Gasteiger partial charge in [0.1, 0.15) is 5.82 Å². The Bertz CT molecular complexity index is 926. The van der Waals surface area contributed by atoms with Gasteiger partial charge >= 0.3 is 0 Å². The zero-order valence-corrected chi connectivity index (χ0v) is 14.5. The number of nitrogens with zero attached hydrogens (tertiary/aromatic N) is 7. The minimum atomic E-state index is -0.272. The molecule has 0 radical (unpaired) electrons. The molecule has 26 heavy (non-hydrogen) atoms. The highest BCUT2D eigenvalue weighted by atomic mass is 19.1. The second-order valence-corrected chi connectivity index (χ2v) is 6.48. The summed E-state index contributed by atoms with van der Waals surface area (Å²) in [5.74, 6) is -0.341. The molecule has 1 fully saturated rings. The Kier molecular flexibility index (Phi) is 4.37. The first kappa shape index (κ1) is 16.6. The summed E-state index contributed by atoms with van der Waals surface area (Å²) in [5, 5.41) is 7.70. The second-order valence-electron chi connectivity index (χ2n) is 6.48. The summed E-state index contributed by atoms with van der Waals surface area (Å²) in [7, 11) is 1.75. The molecule has 1 aliphatic rings. The Labute approximate surface area is 149 Å². The van der Waals surface area contributed by atoms with Crippen LogP contribution >= 0.6 is 0 Å². The molecule has 0 N–H and O–H groups in total. The predicted octanol–water partition coefficient (Wildman–Crippen LogP) is 0.762. The minimum absolute atomic E-state index is 0.0691. The quantitative estimate of drug-likeness (QED) is 0.689. The number of carbonyl (C=O) groups is 1. The SMILES string of the molecule is Cn1cc(C(=O)N2CCN(CCn3cnc4cc(F)ccc43)CC2)nn1. The molecule has 2 aromatic heterocycles. The van der Waals surface area contributed by atoms with Crippen LogP contribution in [0.5, 0.6) is 0 Å². The number of hydrogen-bond donors (Lipinski definition) is 0. The fraction of sp³-hybridized carbons (Fsp3) is 0.412. The first-order valence-corrected chi connectivity index (χ1v) is 8.58. The molecule has 8 nitrogen and oxygen atoms in total. The lowest BCUT2D eigenvalue weighted by atomic mass is 10.2. The number of benzene rings is 1. The van der Waals surface area contributed by atoms with E-state index in [2.05, 4.69) is 20.2 Å². The molecule has 9 heteroatoms. The van der Waals surface area contributed by atoms with Crippen LogP contribution in [0.25, 0.3) is 11.0 Å². The molecule has 3 aromatic rings. The number of halogens is 1. The van der Waals surface area contributed by atoms with E-state index in [-0.39, 0.29) is 11.7 Å². The highest BCUT2D eigenvalue weighted by Crippen LogP contribution is 2.14. The Morgan fingerprint density at radius 2 is 2.00 bits per heavy atom. The lowest BCUT2D eigenvalue weighted by Gasteiger charge is -2.34. The topological polar surface area (TPSA) is 72.1 Å². The maximum atomic E-state index is 13.2. The monoisotopic (exact) mass is 357 g/mol. The number of rotatable bonds is 4. The van der Waals surface area contributed by atoms with Crippen LogP contribution in [0.1, 0.15) is 10.5 Å². The van der Waals surface area contributed by atoms with Gasteiger partial charge in [-0.15, -0.1) is 5.10 Å². The normalized spacial score (nSPS) is 15.7. The summed E-state index contributed by atoms with van der Waals surface area (Å²) in [6, 6.07) is 4.66. The number of aromatic nitrogens is 5. The van der Waals surface area contributed by atoms with Gasteiger partial charge in [0.25, 0.3) is 5.91 Å². The van der Waals surface area contributed by atoms with Crippen molar-refractivity contribution in [2.45, 2.75) is 6.54 Å². The van der Waals surface area contributed by atoms with Gasteiger partial charge in [0.15, 0.2) is 5.69 Å². The summed E-state index contributed by atoms with van der Waals surface area (Å²) in [4.78, 5) is 20.8. The number of carbonyl (C=O) groups excluding carboxylic acids is 1. The number of aryl methyl sites for hydroxylation is 1. The molecule has 0 aliphatic carbocycles. The van der Waals surface area contributed by atoms with Crippen LogP contribution < -0.4 is 0 Å². The zero-order valence-electron chi connectivity index (χ0n) is 14.5. The molecule has 0 saturated carbocycles. The summed E-state index contributed by atoms with van der Waals surface area (Å²) in [5.41, 5.74) is 1.99. The van der Waals surface area contributed by atoms with Crippen LogP contribution in [0.2, 0.25) is 0 Å². The zero-order chi connectivity index (χ0) is 18.1. The predicted molar refractivity (Wildman–Crippen MR) is 93.0 cm³/mol. The number of hydrogen-bond acceptors (Lipinski definition) is 5. The first-order valence-electron chi connectivity index (χ1n) is 8.58. The van der Waals surface area contributed by atoms with E-state index in [1.165, 1.54) is 16.8 Å². The van der Waals surface area contributed by atoms with Crippen LogP contribution in [0.4, 0.5) is 4.39 Å². The van der Waals surface area contributed by atoms with E-state index in [4.69, 9.17) is 0 Å². The lowest BCUT2D eigenvalue weighted by molar-refractivity contribution is 0.0627. The number of fused-ring (bicyclic) bond motifs is 1. The fourth-order valence-electron chi connectivity index (χ4n) is 3.25. The van der Waals surface area contributed by atoms with Crippen molar-refractivity contribution in [3.63, 3.8) is 0 Å². The third-order valence-corrected chi connectivity index (χ3v) is 4.72. The van der Waals surface area contributed by atoms with E-state index >= 15 is 0 Å². The Morgan fingerprint density at radius 1 is 1.19 bits per heavy atom.